The monoisotopic (exact) mass is 1310 g/mol. The minimum Gasteiger partial charge on any atom is -0.497 e. The molecule has 4 fully saturated rings. The molecule has 518 valence electrons. The minimum atomic E-state index is -2.34. The van der Waals surface area contributed by atoms with Crippen molar-refractivity contribution < 1.29 is 92.9 Å². The van der Waals surface area contributed by atoms with Gasteiger partial charge in [-0.3, -0.25) is 57.5 Å². The Labute approximate surface area is 540 Å². The molecule has 0 saturated carbocycles. The third-order valence-corrected chi connectivity index (χ3v) is 17.4. The van der Waals surface area contributed by atoms with E-state index in [4.69, 9.17) is 10.5 Å². The molecule has 4 aliphatic heterocycles. The molecule has 4 heterocycles. The van der Waals surface area contributed by atoms with Crippen LogP contribution in [0.15, 0.2) is 36.0 Å². The van der Waals surface area contributed by atoms with Gasteiger partial charge in [0, 0.05) is 32.5 Å². The van der Waals surface area contributed by atoms with Gasteiger partial charge in [-0.25, -0.2) is 0 Å². The number of allylic oxidation sites excluding steroid dienone is 1. The number of hydrogen-bond donors (Lipinski definition) is 15. The van der Waals surface area contributed by atoms with Gasteiger partial charge in [0.1, 0.15) is 59.8 Å². The molecule has 12 amide bonds. The lowest BCUT2D eigenvalue weighted by atomic mass is 9.94. The number of nitrogens with zero attached hydrogens (tertiary/aromatic N) is 3. The van der Waals surface area contributed by atoms with E-state index >= 15 is 0 Å². The molecule has 0 aliphatic carbocycles. The maximum atomic E-state index is 15.0. The van der Waals surface area contributed by atoms with Gasteiger partial charge in [0.2, 0.25) is 59.1 Å². The van der Waals surface area contributed by atoms with Gasteiger partial charge >= 0.3 is 0 Å². The normalized spacial score (nSPS) is 28.0. The molecule has 5 rings (SSSR count). The molecule has 4 saturated heterocycles. The van der Waals surface area contributed by atoms with Crippen LogP contribution in [-0.4, -0.2) is 241 Å². The fourth-order valence-corrected chi connectivity index (χ4v) is 11.8. The summed E-state index contributed by atoms with van der Waals surface area (Å²) in [6.07, 6.45) is -7.95. The summed E-state index contributed by atoms with van der Waals surface area (Å²) in [5, 5.41) is 86.1. The van der Waals surface area contributed by atoms with E-state index in [-0.39, 0.29) is 70.5 Å². The Morgan fingerprint density at radius 1 is 0.656 bits per heavy atom. The number of aliphatic hydroxyl groups excluding tert-OH is 6. The molecule has 4 aliphatic rings. The van der Waals surface area contributed by atoms with Gasteiger partial charge in [-0.05, 0) is 114 Å². The van der Waals surface area contributed by atoms with Gasteiger partial charge in [-0.1, -0.05) is 52.3 Å². The topological polar surface area (TPSA) is 467 Å². The molecule has 1 aromatic rings. The summed E-state index contributed by atoms with van der Waals surface area (Å²) in [7, 11) is 1.47. The van der Waals surface area contributed by atoms with Gasteiger partial charge in [0.15, 0.2) is 6.10 Å². The second kappa shape index (κ2) is 36.0. The third-order valence-electron chi connectivity index (χ3n) is 17.4. The van der Waals surface area contributed by atoms with E-state index in [1.54, 1.807) is 52.0 Å². The zero-order valence-corrected chi connectivity index (χ0v) is 54.0. The number of fused-ring (bicyclic) bond motifs is 3. The van der Waals surface area contributed by atoms with Crippen molar-refractivity contribution in [1.82, 2.24) is 57.2 Å². The largest absolute Gasteiger partial charge is 0.497 e. The van der Waals surface area contributed by atoms with Crippen molar-refractivity contribution >= 4 is 70.9 Å². The van der Waals surface area contributed by atoms with E-state index in [1.807, 2.05) is 0 Å². The van der Waals surface area contributed by atoms with Crippen LogP contribution in [0.25, 0.3) is 0 Å². The fraction of sp³-hybridized carbons (Fsp3) is 0.677. The van der Waals surface area contributed by atoms with Gasteiger partial charge in [0.25, 0.3) is 11.8 Å². The number of carbonyl (C=O) groups is 12. The molecule has 0 aromatic heterocycles. The first-order valence-corrected chi connectivity index (χ1v) is 31.9. The Morgan fingerprint density at radius 2 is 1.22 bits per heavy atom. The lowest BCUT2D eigenvalue weighted by molar-refractivity contribution is -0.147. The van der Waals surface area contributed by atoms with Gasteiger partial charge in [-0.2, -0.15) is 0 Å². The highest BCUT2D eigenvalue weighted by molar-refractivity contribution is 6.03. The number of methoxy groups -OCH3 is 1. The van der Waals surface area contributed by atoms with Crippen molar-refractivity contribution in [1.29, 1.82) is 0 Å². The first-order valence-electron chi connectivity index (χ1n) is 31.9. The number of nitrogens with two attached hydrogens (primary N) is 1. The van der Waals surface area contributed by atoms with Crippen LogP contribution in [0.3, 0.4) is 0 Å². The Hall–Kier alpha value is -7.84. The molecule has 31 nitrogen and oxygen atoms in total. The van der Waals surface area contributed by atoms with Crippen LogP contribution in [0.1, 0.15) is 131 Å². The van der Waals surface area contributed by atoms with Crippen molar-refractivity contribution in [2.45, 2.75) is 216 Å². The smallest absolute Gasteiger partial charge is 0.268 e. The summed E-state index contributed by atoms with van der Waals surface area (Å²) < 4.78 is 5.28. The predicted octanol–water partition coefficient (Wildman–Crippen LogP) is -4.39. The van der Waals surface area contributed by atoms with Crippen LogP contribution in [-0.2, 0) is 64.0 Å². The highest BCUT2D eigenvalue weighted by atomic mass is 16.5. The Morgan fingerprint density at radius 3 is 1.78 bits per heavy atom. The number of amides is 12. The van der Waals surface area contributed by atoms with Crippen molar-refractivity contribution in [2.75, 3.05) is 39.9 Å². The molecule has 31 heteroatoms. The summed E-state index contributed by atoms with van der Waals surface area (Å²) in [6, 6.07) is -6.79. The number of rotatable bonds is 18. The van der Waals surface area contributed by atoms with Crippen LogP contribution >= 0.6 is 0 Å². The van der Waals surface area contributed by atoms with E-state index in [0.717, 1.165) is 17.9 Å². The SMILES string of the molecule is C/C=C1/NC(=O)[C@H](CO)NC(=O)[C@@H]([C@H](C)CC)NC(=O)C2CCCN2C(=O)[C@@H]2CCCN2C(=O)CNC(=O)[C@@H](CCC(N)=O)NC(=O)C(O)C(CC(O)CC(O)C(O)CC(C)C)NC(=O)[C@@H]2CCCN2C(=O)[C@H](CCc2ccc(OC)cc2)NC(=O)[C@H]([C@@H](C)O)NC1=O. The predicted molar refractivity (Wildman–Crippen MR) is 331 cm³/mol. The number of carbonyl (C=O) groups excluding carboxylic acids is 12. The van der Waals surface area contributed by atoms with E-state index in [1.165, 1.54) is 23.8 Å². The molecule has 15 atom stereocenters. The number of benzene rings is 1. The Balaban J connectivity index is 1.55. The Kier molecular flexibility index (Phi) is 29.4. The maximum absolute atomic E-state index is 15.0. The van der Waals surface area contributed by atoms with Gasteiger partial charge < -0.3 is 98.3 Å². The highest BCUT2D eigenvalue weighted by Crippen LogP contribution is 2.27. The van der Waals surface area contributed by atoms with Crippen LogP contribution in [0.2, 0.25) is 0 Å². The number of hydrogen-bond acceptors (Lipinski definition) is 19. The molecule has 0 spiro atoms. The first-order chi connectivity index (χ1) is 44.0. The third kappa shape index (κ3) is 21.3. The highest BCUT2D eigenvalue weighted by Gasteiger charge is 2.45. The van der Waals surface area contributed by atoms with E-state index in [0.29, 0.717) is 30.6 Å². The van der Waals surface area contributed by atoms with Crippen LogP contribution in [0.5, 0.6) is 5.75 Å². The van der Waals surface area contributed by atoms with E-state index < -0.39 is 206 Å². The number of aliphatic hydroxyl groups is 6. The second-order valence-corrected chi connectivity index (χ2v) is 24.8. The van der Waals surface area contributed by atoms with Gasteiger partial charge in [0.05, 0.1) is 50.7 Å². The average Bonchev–Trinajstić information content (AvgIpc) is 1.73. The van der Waals surface area contributed by atoms with Crippen molar-refractivity contribution in [2.24, 2.45) is 17.6 Å². The van der Waals surface area contributed by atoms with Crippen LogP contribution < -0.4 is 53.0 Å². The minimum absolute atomic E-state index is 0.0202. The molecule has 0 radical (unpaired) electrons. The number of primary amides is 1. The molecule has 16 N–H and O–H groups in total. The molecular weight excluding hydrogens is 1220 g/mol. The first kappa shape index (κ1) is 75.9. The lowest BCUT2D eigenvalue weighted by Crippen LogP contribution is -2.61. The molecule has 1 aromatic carbocycles. The van der Waals surface area contributed by atoms with Crippen molar-refractivity contribution in [3.63, 3.8) is 0 Å². The number of nitrogens with one attached hydrogen (secondary N) is 8. The van der Waals surface area contributed by atoms with Gasteiger partial charge in [-0.15, -0.1) is 0 Å². The molecule has 93 heavy (non-hydrogen) atoms. The standard InChI is InChI=1S/C62H96N12O19/c1-8-33(5)50-58(88)69-42(31-75)55(85)65-38(9-2)54(84)71-51(34(6)76)59(89)67-40(21-18-35-16-19-37(93-7)20-17-35)61(91)73-25-10-13-43(73)56(86)68-41(28-36(77)29-47(79)46(78)27-32(3)4)52(82)60(90)66-39(22-23-48(63)80)53(83)64-30-49(81)72-24-12-15-45(72)62(92)74-26-11-14-44(74)57(87)70-50/h9,16-17,19-20,32-34,36,39-47,50-52,75-79,82H,8,10-15,18,21-31H2,1-7H3,(H2,63,80)(H,64,83)(H,65,85)(H,66,90)(H,67,89)(H,68,86)(H,69,88)(H,70,87)(H,71,84)/b38-9+/t33-,34-,36?,39-,40+,41?,42+,43+,44?,45+,46?,47?,50-,51+,52?/m1/s1. The van der Waals surface area contributed by atoms with E-state index in [9.17, 15) is 88.2 Å². The lowest BCUT2D eigenvalue weighted by Gasteiger charge is -2.33. The molecular formula is C62H96N12O19. The fourth-order valence-electron chi connectivity index (χ4n) is 11.8. The van der Waals surface area contributed by atoms with E-state index in [2.05, 4.69) is 42.5 Å². The summed E-state index contributed by atoms with van der Waals surface area (Å²) in [6.45, 7) is 7.76. The average molecular weight is 1310 g/mol. The molecule has 0 bridgehead atoms. The number of aryl methyl sites for hydroxylation is 1. The maximum Gasteiger partial charge on any atom is 0.268 e. The second-order valence-electron chi connectivity index (χ2n) is 24.8. The summed E-state index contributed by atoms with van der Waals surface area (Å²) in [4.78, 5) is 173. The van der Waals surface area contributed by atoms with Crippen molar-refractivity contribution in [3.8, 4) is 5.75 Å². The zero-order valence-electron chi connectivity index (χ0n) is 54.0. The summed E-state index contributed by atoms with van der Waals surface area (Å²) in [5.74, 6) is -11.6. The summed E-state index contributed by atoms with van der Waals surface area (Å²) in [5.41, 5.74) is 5.61. The molecule has 6 unspecified atom stereocenters. The van der Waals surface area contributed by atoms with Crippen LogP contribution in [0, 0.1) is 11.8 Å². The van der Waals surface area contributed by atoms with Crippen molar-refractivity contribution in [3.05, 3.63) is 41.6 Å². The Bertz CT molecular complexity index is 2840. The van der Waals surface area contributed by atoms with Crippen LogP contribution in [0.4, 0.5) is 0 Å². The number of ether oxygens (including phenoxy) is 1. The zero-order chi connectivity index (χ0) is 69.0. The quantitative estimate of drug-likeness (QED) is 0.0617. The summed E-state index contributed by atoms with van der Waals surface area (Å²) >= 11 is 0.